The molecular formula is C20H20N4O4. The first-order valence-electron chi connectivity index (χ1n) is 9.13. The lowest BCUT2D eigenvalue weighted by atomic mass is 9.89. The molecule has 3 aromatic rings. The summed E-state index contributed by atoms with van der Waals surface area (Å²) < 4.78 is 4.69. The molecule has 28 heavy (non-hydrogen) atoms. The van der Waals surface area contributed by atoms with Crippen molar-refractivity contribution in [2.75, 3.05) is 25.1 Å². The molecule has 0 aliphatic carbocycles. The summed E-state index contributed by atoms with van der Waals surface area (Å²) in [5.74, 6) is -0.00894. The van der Waals surface area contributed by atoms with E-state index >= 15 is 0 Å². The van der Waals surface area contributed by atoms with E-state index in [4.69, 9.17) is 4.74 Å². The van der Waals surface area contributed by atoms with Crippen LogP contribution in [-0.2, 0) is 4.74 Å². The third kappa shape index (κ3) is 3.17. The molecule has 0 radical (unpaired) electrons. The fourth-order valence-electron chi connectivity index (χ4n) is 3.87. The molecule has 8 heteroatoms. The number of benzene rings is 1. The van der Waals surface area contributed by atoms with E-state index in [-0.39, 0.29) is 17.2 Å². The summed E-state index contributed by atoms with van der Waals surface area (Å²) in [6.45, 7) is 1.26. The summed E-state index contributed by atoms with van der Waals surface area (Å²) in [4.78, 5) is 32.2. The van der Waals surface area contributed by atoms with Gasteiger partial charge in [0.1, 0.15) is 0 Å². The van der Waals surface area contributed by atoms with Crippen LogP contribution in [0.2, 0.25) is 0 Å². The van der Waals surface area contributed by atoms with E-state index in [9.17, 15) is 14.9 Å². The number of nitro groups is 1. The minimum Gasteiger partial charge on any atom is -0.464 e. The second-order valence-corrected chi connectivity index (χ2v) is 6.84. The number of pyridine rings is 1. The van der Waals surface area contributed by atoms with Crippen LogP contribution < -0.4 is 4.90 Å². The zero-order chi connectivity index (χ0) is 19.7. The van der Waals surface area contributed by atoms with Crippen LogP contribution in [0.25, 0.3) is 10.9 Å². The number of hydrogen-bond donors (Lipinski definition) is 1. The Labute approximate surface area is 161 Å². The maximum absolute atomic E-state index is 11.8. The highest BCUT2D eigenvalue weighted by atomic mass is 16.6. The highest BCUT2D eigenvalue weighted by Crippen LogP contribution is 2.36. The van der Waals surface area contributed by atoms with Gasteiger partial charge >= 0.3 is 11.7 Å². The molecule has 2 aromatic heterocycles. The lowest BCUT2D eigenvalue weighted by Crippen LogP contribution is -2.34. The largest absolute Gasteiger partial charge is 0.464 e. The number of aromatic amines is 1. The Balaban J connectivity index is 1.58. The van der Waals surface area contributed by atoms with Crippen molar-refractivity contribution in [3.8, 4) is 0 Å². The Kier molecular flexibility index (Phi) is 4.68. The topological polar surface area (TPSA) is 101 Å². The van der Waals surface area contributed by atoms with E-state index in [0.717, 1.165) is 18.4 Å². The van der Waals surface area contributed by atoms with Gasteiger partial charge in [0.05, 0.1) is 12.0 Å². The lowest BCUT2D eigenvalue weighted by Gasteiger charge is -2.32. The molecule has 1 fully saturated rings. The van der Waals surface area contributed by atoms with Crippen LogP contribution in [0.15, 0.2) is 42.6 Å². The zero-order valence-electron chi connectivity index (χ0n) is 15.4. The zero-order valence-corrected chi connectivity index (χ0v) is 15.4. The number of methoxy groups -OCH3 is 1. The third-order valence-corrected chi connectivity index (χ3v) is 5.30. The molecule has 1 saturated heterocycles. The number of aromatic nitrogens is 2. The van der Waals surface area contributed by atoms with E-state index in [1.54, 1.807) is 0 Å². The molecule has 3 heterocycles. The van der Waals surface area contributed by atoms with Gasteiger partial charge in [-0.15, -0.1) is 0 Å². The van der Waals surface area contributed by atoms with Crippen molar-refractivity contribution in [3.63, 3.8) is 0 Å². The first kappa shape index (κ1) is 18.0. The molecular weight excluding hydrogens is 360 g/mol. The average molecular weight is 380 g/mol. The molecule has 0 unspecified atom stereocenters. The first-order valence-corrected chi connectivity index (χ1v) is 9.13. The first-order chi connectivity index (χ1) is 13.6. The molecule has 0 amide bonds. The van der Waals surface area contributed by atoms with Crippen LogP contribution in [0.1, 0.15) is 34.8 Å². The van der Waals surface area contributed by atoms with Gasteiger partial charge in [-0.05, 0) is 36.5 Å². The standard InChI is InChI=1S/C20H20N4O4/c1-28-20(25)17-6-7-18(24(26)27)19(22-17)23-10-8-13(9-11-23)15-12-21-16-5-3-2-4-14(15)16/h2-7,12-13,21H,8-11H2,1H3. The molecule has 1 N–H and O–H groups in total. The molecule has 0 bridgehead atoms. The summed E-state index contributed by atoms with van der Waals surface area (Å²) in [5.41, 5.74) is 2.36. The summed E-state index contributed by atoms with van der Waals surface area (Å²) in [7, 11) is 1.26. The second-order valence-electron chi connectivity index (χ2n) is 6.84. The Morgan fingerprint density at radius 2 is 2.00 bits per heavy atom. The Bertz CT molecular complexity index is 1040. The maximum Gasteiger partial charge on any atom is 0.356 e. The van der Waals surface area contributed by atoms with E-state index in [1.807, 2.05) is 17.0 Å². The second kappa shape index (κ2) is 7.30. The fraction of sp³-hybridized carbons (Fsp3) is 0.300. The number of fused-ring (bicyclic) bond motifs is 1. The van der Waals surface area contributed by atoms with Crippen molar-refractivity contribution in [2.45, 2.75) is 18.8 Å². The average Bonchev–Trinajstić information content (AvgIpc) is 3.17. The van der Waals surface area contributed by atoms with Crippen LogP contribution in [0.5, 0.6) is 0 Å². The Hall–Kier alpha value is -3.42. The van der Waals surface area contributed by atoms with Gasteiger partial charge in [-0.3, -0.25) is 10.1 Å². The van der Waals surface area contributed by atoms with Gasteiger partial charge < -0.3 is 14.6 Å². The number of esters is 1. The number of nitrogens with one attached hydrogen (secondary N) is 1. The summed E-state index contributed by atoms with van der Waals surface area (Å²) in [6.07, 6.45) is 3.76. The SMILES string of the molecule is COC(=O)c1ccc([N+](=O)[O-])c(N2CCC(c3c[nH]c4ccccc34)CC2)n1. The number of piperidine rings is 1. The Morgan fingerprint density at radius 1 is 1.25 bits per heavy atom. The van der Waals surface area contributed by atoms with Crippen LogP contribution in [0.3, 0.4) is 0 Å². The molecule has 1 aliphatic heterocycles. The van der Waals surface area contributed by atoms with Gasteiger partial charge in [0.2, 0.25) is 5.82 Å². The predicted molar refractivity (Wildman–Crippen MR) is 105 cm³/mol. The van der Waals surface area contributed by atoms with Gasteiger partial charge in [0.15, 0.2) is 5.69 Å². The smallest absolute Gasteiger partial charge is 0.356 e. The molecule has 144 valence electrons. The normalized spacial score (nSPS) is 15.0. The van der Waals surface area contributed by atoms with Crippen molar-refractivity contribution >= 4 is 28.4 Å². The number of para-hydroxylation sites is 1. The minimum absolute atomic E-state index is 0.0712. The van der Waals surface area contributed by atoms with Crippen LogP contribution in [0, 0.1) is 10.1 Å². The van der Waals surface area contributed by atoms with Crippen molar-refractivity contribution in [1.82, 2.24) is 9.97 Å². The number of ether oxygens (including phenoxy) is 1. The van der Waals surface area contributed by atoms with Gasteiger partial charge in [-0.2, -0.15) is 0 Å². The van der Waals surface area contributed by atoms with E-state index < -0.39 is 10.9 Å². The van der Waals surface area contributed by atoms with E-state index in [0.29, 0.717) is 19.0 Å². The highest BCUT2D eigenvalue weighted by Gasteiger charge is 2.29. The van der Waals surface area contributed by atoms with Crippen LogP contribution >= 0.6 is 0 Å². The fourth-order valence-corrected chi connectivity index (χ4v) is 3.87. The lowest BCUT2D eigenvalue weighted by molar-refractivity contribution is -0.384. The molecule has 1 aromatic carbocycles. The number of hydrogen-bond acceptors (Lipinski definition) is 6. The number of nitrogens with zero attached hydrogens (tertiary/aromatic N) is 3. The van der Waals surface area contributed by atoms with Gasteiger partial charge in [-0.1, -0.05) is 18.2 Å². The maximum atomic E-state index is 11.8. The van der Waals surface area contributed by atoms with Gasteiger partial charge in [0, 0.05) is 36.3 Å². The summed E-state index contributed by atoms with van der Waals surface area (Å²) in [5, 5.41) is 12.7. The molecule has 8 nitrogen and oxygen atoms in total. The molecule has 1 aliphatic rings. The number of anilines is 1. The van der Waals surface area contributed by atoms with Crippen LogP contribution in [-0.4, -0.2) is 41.1 Å². The van der Waals surface area contributed by atoms with Crippen molar-refractivity contribution in [1.29, 1.82) is 0 Å². The number of rotatable bonds is 4. The number of H-pyrrole nitrogens is 1. The van der Waals surface area contributed by atoms with Crippen molar-refractivity contribution < 1.29 is 14.5 Å². The third-order valence-electron chi connectivity index (χ3n) is 5.30. The number of carbonyl (C=O) groups excluding carboxylic acids is 1. The minimum atomic E-state index is -0.607. The Morgan fingerprint density at radius 3 is 2.71 bits per heavy atom. The van der Waals surface area contributed by atoms with Gasteiger partial charge in [-0.25, -0.2) is 9.78 Å². The molecule has 0 spiro atoms. The van der Waals surface area contributed by atoms with E-state index in [2.05, 4.69) is 28.3 Å². The van der Waals surface area contributed by atoms with E-state index in [1.165, 1.54) is 30.2 Å². The predicted octanol–water partition coefficient (Wildman–Crippen LogP) is 3.64. The molecule has 4 rings (SSSR count). The molecule has 0 atom stereocenters. The summed E-state index contributed by atoms with van der Waals surface area (Å²) >= 11 is 0. The monoisotopic (exact) mass is 380 g/mol. The van der Waals surface area contributed by atoms with Crippen molar-refractivity contribution in [3.05, 3.63) is 64.0 Å². The highest BCUT2D eigenvalue weighted by molar-refractivity contribution is 5.88. The summed E-state index contributed by atoms with van der Waals surface area (Å²) in [6, 6.07) is 10.8. The van der Waals surface area contributed by atoms with Crippen LogP contribution in [0.4, 0.5) is 11.5 Å². The molecule has 0 saturated carbocycles. The quantitative estimate of drug-likeness (QED) is 0.421. The van der Waals surface area contributed by atoms with Crippen molar-refractivity contribution in [2.24, 2.45) is 0 Å². The van der Waals surface area contributed by atoms with Gasteiger partial charge in [0.25, 0.3) is 0 Å². The number of carbonyl (C=O) groups is 1.